The molecule has 0 amide bonds. The number of nitrogens with zero attached hydrogens (tertiary/aromatic N) is 2. The van der Waals surface area contributed by atoms with E-state index in [1.54, 1.807) is 6.20 Å². The van der Waals surface area contributed by atoms with Gasteiger partial charge in [-0.05, 0) is 31.0 Å². The van der Waals surface area contributed by atoms with E-state index in [9.17, 15) is 5.11 Å². The number of likely N-dealkylation sites (tertiary alicyclic amines) is 1. The zero-order chi connectivity index (χ0) is 12.3. The predicted molar refractivity (Wildman–Crippen MR) is 65.8 cm³/mol. The lowest BCUT2D eigenvalue weighted by molar-refractivity contribution is 0.0667. The summed E-state index contributed by atoms with van der Waals surface area (Å²) < 4.78 is 0. The van der Waals surface area contributed by atoms with Crippen LogP contribution in [0.1, 0.15) is 24.1 Å². The molecule has 92 valence electrons. The molecule has 1 unspecified atom stereocenters. The maximum atomic E-state index is 9.61. The average Bonchev–Trinajstić information content (AvgIpc) is 2.29. The fourth-order valence-electron chi connectivity index (χ4n) is 2.22. The molecule has 4 N–H and O–H groups in total. The maximum absolute atomic E-state index is 9.61. The quantitative estimate of drug-likeness (QED) is 0.519. The van der Waals surface area contributed by atoms with Gasteiger partial charge in [0.2, 0.25) is 0 Å². The normalized spacial score (nSPS) is 21.4. The van der Waals surface area contributed by atoms with Crippen molar-refractivity contribution in [2.24, 2.45) is 5.73 Å². The fourth-order valence-corrected chi connectivity index (χ4v) is 2.22. The molecule has 0 spiro atoms. The number of nitrogens with two attached hydrogens (primary N) is 1. The van der Waals surface area contributed by atoms with Gasteiger partial charge in [-0.1, -0.05) is 6.07 Å². The number of amidine groups is 1. The first-order valence-corrected chi connectivity index (χ1v) is 5.85. The minimum Gasteiger partial charge on any atom is -0.392 e. The molecule has 1 aromatic rings. The minimum absolute atomic E-state index is 0.00171. The second-order valence-corrected chi connectivity index (χ2v) is 4.46. The van der Waals surface area contributed by atoms with Gasteiger partial charge in [-0.3, -0.25) is 15.3 Å². The average molecular weight is 234 g/mol. The largest absolute Gasteiger partial charge is 0.392 e. The SMILES string of the molecule is N=C(N)c1ncccc1CN1CCCC(O)C1. The summed E-state index contributed by atoms with van der Waals surface area (Å²) in [7, 11) is 0. The summed E-state index contributed by atoms with van der Waals surface area (Å²) in [5.74, 6) is -0.00171. The molecule has 5 heteroatoms. The van der Waals surface area contributed by atoms with E-state index in [-0.39, 0.29) is 11.9 Å². The molecule has 1 atom stereocenters. The number of pyridine rings is 1. The first-order chi connectivity index (χ1) is 8.16. The Kier molecular flexibility index (Phi) is 3.71. The number of nitrogens with one attached hydrogen (secondary N) is 1. The lowest BCUT2D eigenvalue weighted by Crippen LogP contribution is -2.38. The predicted octanol–water partition coefficient (Wildman–Crippen LogP) is 0.322. The van der Waals surface area contributed by atoms with E-state index in [4.69, 9.17) is 11.1 Å². The number of aliphatic hydroxyl groups is 1. The molecule has 0 radical (unpaired) electrons. The summed E-state index contributed by atoms with van der Waals surface area (Å²) >= 11 is 0. The summed E-state index contributed by atoms with van der Waals surface area (Å²) in [4.78, 5) is 6.30. The van der Waals surface area contributed by atoms with Crippen molar-refractivity contribution in [3.05, 3.63) is 29.6 Å². The summed E-state index contributed by atoms with van der Waals surface area (Å²) in [5.41, 5.74) is 7.00. The lowest BCUT2D eigenvalue weighted by atomic mass is 10.1. The fraction of sp³-hybridized carbons (Fsp3) is 0.500. The molecular weight excluding hydrogens is 216 g/mol. The number of aliphatic hydroxyl groups excluding tert-OH is 1. The van der Waals surface area contributed by atoms with Crippen molar-refractivity contribution >= 4 is 5.84 Å². The molecule has 1 aromatic heterocycles. The number of hydrogen-bond donors (Lipinski definition) is 3. The number of hydrogen-bond acceptors (Lipinski definition) is 4. The highest BCUT2D eigenvalue weighted by Gasteiger charge is 2.19. The van der Waals surface area contributed by atoms with Crippen molar-refractivity contribution in [2.75, 3.05) is 13.1 Å². The molecule has 0 aliphatic carbocycles. The van der Waals surface area contributed by atoms with Crippen LogP contribution in [0.25, 0.3) is 0 Å². The van der Waals surface area contributed by atoms with Crippen LogP contribution in [-0.2, 0) is 6.54 Å². The molecule has 5 nitrogen and oxygen atoms in total. The van der Waals surface area contributed by atoms with Gasteiger partial charge in [0.15, 0.2) is 0 Å². The highest BCUT2D eigenvalue weighted by molar-refractivity contribution is 5.94. The third-order valence-electron chi connectivity index (χ3n) is 3.02. The molecule has 2 heterocycles. The van der Waals surface area contributed by atoms with Crippen LogP contribution in [-0.4, -0.2) is 40.0 Å². The lowest BCUT2D eigenvalue weighted by Gasteiger charge is -2.30. The topological polar surface area (TPSA) is 86.2 Å². The third kappa shape index (κ3) is 3.01. The van der Waals surface area contributed by atoms with Crippen LogP contribution in [0.3, 0.4) is 0 Å². The van der Waals surface area contributed by atoms with Crippen molar-refractivity contribution < 1.29 is 5.11 Å². The van der Waals surface area contributed by atoms with Crippen molar-refractivity contribution in [1.82, 2.24) is 9.88 Å². The molecule has 1 fully saturated rings. The van der Waals surface area contributed by atoms with Crippen molar-refractivity contribution in [1.29, 1.82) is 5.41 Å². The van der Waals surface area contributed by atoms with Crippen LogP contribution in [0.4, 0.5) is 0 Å². The van der Waals surface area contributed by atoms with E-state index in [2.05, 4.69) is 9.88 Å². The van der Waals surface area contributed by atoms with Crippen LogP contribution in [0.2, 0.25) is 0 Å². The van der Waals surface area contributed by atoms with Gasteiger partial charge in [-0.2, -0.15) is 0 Å². The first-order valence-electron chi connectivity index (χ1n) is 5.85. The van der Waals surface area contributed by atoms with Gasteiger partial charge in [0, 0.05) is 19.3 Å². The van der Waals surface area contributed by atoms with E-state index in [1.165, 1.54) is 0 Å². The van der Waals surface area contributed by atoms with Crippen LogP contribution in [0.15, 0.2) is 18.3 Å². The van der Waals surface area contributed by atoms with Crippen LogP contribution in [0, 0.1) is 5.41 Å². The van der Waals surface area contributed by atoms with Gasteiger partial charge < -0.3 is 10.8 Å². The maximum Gasteiger partial charge on any atom is 0.142 e. The molecule has 1 saturated heterocycles. The molecule has 0 bridgehead atoms. The Balaban J connectivity index is 2.10. The number of piperidine rings is 1. The summed E-state index contributed by atoms with van der Waals surface area (Å²) in [6.45, 7) is 2.36. The molecule has 2 rings (SSSR count). The van der Waals surface area contributed by atoms with Gasteiger partial charge in [0.05, 0.1) is 6.10 Å². The van der Waals surface area contributed by atoms with E-state index in [0.717, 1.165) is 24.9 Å². The number of nitrogen functional groups attached to an aromatic ring is 1. The summed E-state index contributed by atoms with van der Waals surface area (Å²) in [6, 6.07) is 3.78. The second-order valence-electron chi connectivity index (χ2n) is 4.46. The Hall–Kier alpha value is -1.46. The Morgan fingerprint density at radius 3 is 3.18 bits per heavy atom. The van der Waals surface area contributed by atoms with E-state index in [0.29, 0.717) is 18.8 Å². The van der Waals surface area contributed by atoms with Crippen LogP contribution >= 0.6 is 0 Å². The van der Waals surface area contributed by atoms with Crippen molar-refractivity contribution in [3.8, 4) is 0 Å². The van der Waals surface area contributed by atoms with Crippen LogP contribution < -0.4 is 5.73 Å². The van der Waals surface area contributed by atoms with Gasteiger partial charge in [0.25, 0.3) is 0 Å². The second kappa shape index (κ2) is 5.25. The van der Waals surface area contributed by atoms with Crippen molar-refractivity contribution in [2.45, 2.75) is 25.5 Å². The molecule has 1 aliphatic heterocycles. The van der Waals surface area contributed by atoms with Crippen LogP contribution in [0.5, 0.6) is 0 Å². The Morgan fingerprint density at radius 1 is 1.65 bits per heavy atom. The zero-order valence-electron chi connectivity index (χ0n) is 9.76. The monoisotopic (exact) mass is 234 g/mol. The molecule has 17 heavy (non-hydrogen) atoms. The van der Waals surface area contributed by atoms with Gasteiger partial charge >= 0.3 is 0 Å². The summed E-state index contributed by atoms with van der Waals surface area (Å²) in [5, 5.41) is 17.1. The Morgan fingerprint density at radius 2 is 2.47 bits per heavy atom. The third-order valence-corrected chi connectivity index (χ3v) is 3.02. The number of β-amino-alcohol motifs (C(OH)–C–C–N with tert-alkyl or cyclic N) is 1. The summed E-state index contributed by atoms with van der Waals surface area (Å²) in [6.07, 6.45) is 3.30. The van der Waals surface area contributed by atoms with E-state index >= 15 is 0 Å². The molecular formula is C12H18N4O. The van der Waals surface area contributed by atoms with Gasteiger partial charge in [-0.25, -0.2) is 0 Å². The van der Waals surface area contributed by atoms with Crippen molar-refractivity contribution in [3.63, 3.8) is 0 Å². The highest BCUT2D eigenvalue weighted by Crippen LogP contribution is 2.15. The minimum atomic E-state index is -0.235. The molecule has 0 saturated carbocycles. The molecule has 1 aliphatic rings. The smallest absolute Gasteiger partial charge is 0.142 e. The van der Waals surface area contributed by atoms with E-state index < -0.39 is 0 Å². The standard InChI is InChI=1S/C12H18N4O/c13-12(14)11-9(3-1-5-15-11)7-16-6-2-4-10(17)8-16/h1,3,5,10,17H,2,4,6-8H2,(H3,13,14). The Bertz CT molecular complexity index is 407. The first kappa shape index (κ1) is 12.0. The van der Waals surface area contributed by atoms with Gasteiger partial charge in [0.1, 0.15) is 11.5 Å². The van der Waals surface area contributed by atoms with Gasteiger partial charge in [-0.15, -0.1) is 0 Å². The number of rotatable bonds is 3. The zero-order valence-corrected chi connectivity index (χ0v) is 9.76. The van der Waals surface area contributed by atoms with E-state index in [1.807, 2.05) is 12.1 Å². The number of aromatic nitrogens is 1. The molecule has 0 aromatic carbocycles. The Labute approximate surface area is 101 Å². The highest BCUT2D eigenvalue weighted by atomic mass is 16.3.